The second kappa shape index (κ2) is 17.0. The van der Waals surface area contributed by atoms with E-state index in [0.717, 1.165) is 50.7 Å². The zero-order chi connectivity index (χ0) is 46.8. The molecule has 5 nitrogen and oxygen atoms in total. The van der Waals surface area contributed by atoms with E-state index in [4.69, 9.17) is 9.72 Å². The van der Waals surface area contributed by atoms with Crippen molar-refractivity contribution in [1.82, 2.24) is 9.55 Å². The Kier molecular flexibility index (Phi) is 11.1. The van der Waals surface area contributed by atoms with Crippen LogP contribution < -0.4 is 14.5 Å². The van der Waals surface area contributed by atoms with Gasteiger partial charge >= 0.3 is 0 Å². The number of ether oxygens (including phenoxy) is 1. The Morgan fingerprint density at radius 2 is 1.16 bits per heavy atom. The largest absolute Gasteiger partial charge is 0.457 e. The Balaban J connectivity index is 1.12. The first-order chi connectivity index (χ1) is 32.1. The summed E-state index contributed by atoms with van der Waals surface area (Å²) in [6.45, 7) is 23.5. The lowest BCUT2D eigenvalue weighted by Crippen LogP contribution is -2.24. The summed E-state index contributed by atoms with van der Waals surface area (Å²) in [4.78, 5) is 9.86. The predicted molar refractivity (Wildman–Crippen MR) is 284 cm³/mol. The van der Waals surface area contributed by atoms with Gasteiger partial charge in [-0.3, -0.25) is 4.57 Å². The summed E-state index contributed by atoms with van der Waals surface area (Å²) in [7, 11) is 0. The molecule has 0 bridgehead atoms. The van der Waals surface area contributed by atoms with Crippen LogP contribution in [0.2, 0.25) is 0 Å². The third-order valence-electron chi connectivity index (χ3n) is 13.5. The fourth-order valence-corrected chi connectivity index (χ4v) is 10.1. The molecule has 0 aliphatic carbocycles. The van der Waals surface area contributed by atoms with E-state index in [2.05, 4.69) is 247 Å². The number of hydrogen-bond acceptors (Lipinski definition) is 4. The van der Waals surface area contributed by atoms with Crippen LogP contribution in [-0.2, 0) is 10.8 Å². The Morgan fingerprint density at radius 3 is 1.85 bits per heavy atom. The number of fused-ring (bicyclic) bond motifs is 4. The van der Waals surface area contributed by atoms with Crippen molar-refractivity contribution in [3.8, 4) is 39.6 Å². The average Bonchev–Trinajstić information content (AvgIpc) is 3.87. The lowest BCUT2D eigenvalue weighted by atomic mass is 9.81. The van der Waals surface area contributed by atoms with E-state index in [1.54, 1.807) is 0 Å². The van der Waals surface area contributed by atoms with Gasteiger partial charge in [0.25, 0.3) is 0 Å². The molecular weight excluding hydrogens is 817 g/mol. The van der Waals surface area contributed by atoms with Crippen molar-refractivity contribution in [2.75, 3.05) is 16.5 Å². The highest BCUT2D eigenvalue weighted by molar-refractivity contribution is 6.09. The van der Waals surface area contributed by atoms with Gasteiger partial charge in [0.1, 0.15) is 24.0 Å². The molecule has 1 aliphatic rings. The smallest absolute Gasteiger partial charge is 0.137 e. The van der Waals surface area contributed by atoms with E-state index in [9.17, 15) is 0 Å². The van der Waals surface area contributed by atoms with Crippen molar-refractivity contribution in [2.24, 2.45) is 0 Å². The summed E-state index contributed by atoms with van der Waals surface area (Å²) in [5.41, 5.74) is 16.8. The molecule has 1 aliphatic heterocycles. The van der Waals surface area contributed by atoms with Crippen LogP contribution in [0.25, 0.3) is 49.9 Å². The van der Waals surface area contributed by atoms with Crippen LogP contribution in [0.5, 0.6) is 11.5 Å². The van der Waals surface area contributed by atoms with Crippen molar-refractivity contribution < 1.29 is 4.74 Å². The first-order valence-electron chi connectivity index (χ1n) is 23.9. The molecule has 0 spiro atoms. The molecule has 0 N–H and O–H groups in total. The molecule has 0 amide bonds. The molecule has 0 radical (unpaired) electrons. The number of rotatable bonds is 9. The number of para-hydroxylation sites is 3. The molecule has 0 saturated carbocycles. The van der Waals surface area contributed by atoms with Crippen molar-refractivity contribution >= 4 is 44.6 Å². The molecule has 2 aromatic heterocycles. The number of hydrogen-bond donors (Lipinski definition) is 0. The summed E-state index contributed by atoms with van der Waals surface area (Å²) in [6, 6.07) is 59.8. The van der Waals surface area contributed by atoms with Gasteiger partial charge in [0.2, 0.25) is 0 Å². The van der Waals surface area contributed by atoms with Crippen molar-refractivity contribution in [1.29, 1.82) is 0 Å². The summed E-state index contributed by atoms with van der Waals surface area (Å²) in [6.07, 6.45) is 1.94. The minimum absolute atomic E-state index is 0.0215. The maximum atomic E-state index is 7.15. The minimum Gasteiger partial charge on any atom is -0.457 e. The molecule has 0 unspecified atom stereocenters. The van der Waals surface area contributed by atoms with E-state index < -0.39 is 0 Å². The average molecular weight is 879 g/mol. The Hall–Kier alpha value is -7.11. The summed E-state index contributed by atoms with van der Waals surface area (Å²) < 4.78 is 9.44. The molecule has 10 rings (SSSR count). The van der Waals surface area contributed by atoms with Gasteiger partial charge in [-0.15, -0.1) is 0 Å². The Labute approximate surface area is 397 Å². The Bertz CT molecular complexity index is 3260. The van der Waals surface area contributed by atoms with Crippen LogP contribution in [-0.4, -0.2) is 16.2 Å². The van der Waals surface area contributed by atoms with Gasteiger partial charge < -0.3 is 14.5 Å². The van der Waals surface area contributed by atoms with Crippen LogP contribution in [0, 0.1) is 0 Å². The van der Waals surface area contributed by atoms with Crippen LogP contribution in [0.4, 0.5) is 22.7 Å². The van der Waals surface area contributed by atoms with Crippen molar-refractivity contribution in [3.05, 3.63) is 192 Å². The predicted octanol–water partition coefficient (Wildman–Crippen LogP) is 17.4. The number of pyridine rings is 1. The number of nitrogens with zero attached hydrogens (tertiary/aromatic N) is 4. The molecule has 9 aromatic rings. The Morgan fingerprint density at radius 1 is 0.507 bits per heavy atom. The minimum atomic E-state index is -0.0665. The monoisotopic (exact) mass is 878 g/mol. The molecule has 336 valence electrons. The van der Waals surface area contributed by atoms with Gasteiger partial charge in [0.05, 0.1) is 22.4 Å². The standard InChI is InChI=1S/C62H62N4O/c1-40(2)49-22-18-23-50(41(3)4)60(49)43-33-46(65-39-64(56-25-16-17-26-57(56)65)45-27-29-51(42-19-12-11-13-20-42)54(37-45)62(8,9)10)36-48(34-43)67-47-28-30-53-52-21-14-15-24-55(52)66(58(53)38-47)59-35-44(31-32-63-59)61(5,6)7/h11-38,40-41H,39H2,1-10H3. The summed E-state index contributed by atoms with van der Waals surface area (Å²) in [5.74, 6) is 3.11. The highest BCUT2D eigenvalue weighted by Crippen LogP contribution is 2.49. The highest BCUT2D eigenvalue weighted by Gasteiger charge is 2.31. The lowest BCUT2D eigenvalue weighted by Gasteiger charge is -2.28. The number of anilines is 4. The van der Waals surface area contributed by atoms with Crippen molar-refractivity contribution in [3.63, 3.8) is 0 Å². The third-order valence-corrected chi connectivity index (χ3v) is 13.5. The van der Waals surface area contributed by atoms with Crippen LogP contribution in [0.3, 0.4) is 0 Å². The zero-order valence-electron chi connectivity index (χ0n) is 40.7. The normalized spacial score (nSPS) is 13.1. The second-order valence-corrected chi connectivity index (χ2v) is 21.0. The molecule has 0 fully saturated rings. The quantitative estimate of drug-likeness (QED) is 0.145. The third kappa shape index (κ3) is 8.15. The van der Waals surface area contributed by atoms with Crippen LogP contribution in [0.1, 0.15) is 103 Å². The summed E-state index contributed by atoms with van der Waals surface area (Å²) in [5, 5.41) is 2.34. The van der Waals surface area contributed by atoms with E-state index >= 15 is 0 Å². The van der Waals surface area contributed by atoms with Gasteiger partial charge in [-0.05, 0) is 134 Å². The summed E-state index contributed by atoms with van der Waals surface area (Å²) >= 11 is 0. The van der Waals surface area contributed by atoms with Gasteiger partial charge in [-0.2, -0.15) is 0 Å². The lowest BCUT2D eigenvalue weighted by molar-refractivity contribution is 0.483. The van der Waals surface area contributed by atoms with Gasteiger partial charge in [0.15, 0.2) is 0 Å². The van der Waals surface area contributed by atoms with E-state index in [0.29, 0.717) is 18.5 Å². The fraction of sp³-hybridized carbons (Fsp3) is 0.242. The molecule has 0 atom stereocenters. The molecule has 3 heterocycles. The van der Waals surface area contributed by atoms with Crippen molar-refractivity contribution in [2.45, 2.75) is 91.9 Å². The molecule has 7 aromatic carbocycles. The fourth-order valence-electron chi connectivity index (χ4n) is 10.1. The van der Waals surface area contributed by atoms with E-state index in [1.807, 2.05) is 6.20 Å². The van der Waals surface area contributed by atoms with Gasteiger partial charge in [0, 0.05) is 40.5 Å². The second-order valence-electron chi connectivity index (χ2n) is 21.0. The van der Waals surface area contributed by atoms with Crippen LogP contribution >= 0.6 is 0 Å². The maximum Gasteiger partial charge on any atom is 0.137 e. The zero-order valence-corrected chi connectivity index (χ0v) is 40.7. The van der Waals surface area contributed by atoms with Crippen LogP contribution in [0.15, 0.2) is 170 Å². The van der Waals surface area contributed by atoms with E-state index in [-0.39, 0.29) is 10.8 Å². The highest BCUT2D eigenvalue weighted by atomic mass is 16.5. The molecule has 5 heteroatoms. The first-order valence-corrected chi connectivity index (χ1v) is 23.9. The maximum absolute atomic E-state index is 7.15. The molecule has 67 heavy (non-hydrogen) atoms. The topological polar surface area (TPSA) is 33.5 Å². The number of benzene rings is 7. The SMILES string of the molecule is CC(C)c1cccc(C(C)C)c1-c1cc(Oc2ccc3c4ccccc4n(-c4cc(C(C)(C)C)ccn4)c3c2)cc(N2CN(c3ccc(-c4ccccc4)c(C(C)(C)C)c3)c3ccccc32)c1. The molecular formula is C62H62N4O. The first kappa shape index (κ1) is 43.8. The van der Waals surface area contributed by atoms with E-state index in [1.165, 1.54) is 55.7 Å². The van der Waals surface area contributed by atoms with Gasteiger partial charge in [-0.1, -0.05) is 154 Å². The van der Waals surface area contributed by atoms with Gasteiger partial charge in [-0.25, -0.2) is 4.98 Å². The number of aromatic nitrogens is 2. The molecule has 0 saturated heterocycles.